The first-order valence-corrected chi connectivity index (χ1v) is 6.80. The lowest BCUT2D eigenvalue weighted by Gasteiger charge is -2.13. The summed E-state index contributed by atoms with van der Waals surface area (Å²) in [6.07, 6.45) is 0.888. The number of esters is 1. The molecule has 0 aliphatic heterocycles. The second-order valence-corrected chi connectivity index (χ2v) is 4.51. The summed E-state index contributed by atoms with van der Waals surface area (Å²) in [7, 11) is 1.80. The van der Waals surface area contributed by atoms with Gasteiger partial charge in [0.25, 0.3) is 5.82 Å². The molecule has 0 amide bonds. The Morgan fingerprint density at radius 1 is 1.30 bits per heavy atom. The maximum atomic E-state index is 11.7. The van der Waals surface area contributed by atoms with Crippen LogP contribution in [0.3, 0.4) is 0 Å². The lowest BCUT2D eigenvalue weighted by Crippen LogP contribution is -2.08. The van der Waals surface area contributed by atoms with E-state index in [1.54, 1.807) is 18.7 Å². The Kier molecular flexibility index (Phi) is 4.50. The van der Waals surface area contributed by atoms with Gasteiger partial charge in [0.2, 0.25) is 0 Å². The van der Waals surface area contributed by atoms with E-state index in [1.165, 1.54) is 5.56 Å². The topological polar surface area (TPSA) is 57.0 Å². The van der Waals surface area contributed by atoms with Gasteiger partial charge in [0.15, 0.2) is 0 Å². The second-order valence-electron chi connectivity index (χ2n) is 4.51. The highest BCUT2D eigenvalue weighted by molar-refractivity contribution is 5.85. The monoisotopic (exact) mass is 273 g/mol. The number of rotatable bonds is 5. The molecule has 0 aliphatic rings. The van der Waals surface area contributed by atoms with E-state index in [9.17, 15) is 4.79 Å². The fourth-order valence-electron chi connectivity index (χ4n) is 2.23. The van der Waals surface area contributed by atoms with Gasteiger partial charge in [0, 0.05) is 13.0 Å². The largest absolute Gasteiger partial charge is 0.460 e. The molecule has 0 saturated carbocycles. The van der Waals surface area contributed by atoms with Crippen molar-refractivity contribution in [3.63, 3.8) is 0 Å². The smallest absolute Gasteiger partial charge is 0.378 e. The minimum Gasteiger partial charge on any atom is -0.460 e. The van der Waals surface area contributed by atoms with Crippen molar-refractivity contribution in [3.8, 4) is 0 Å². The molecule has 1 aromatic carbocycles. The third-order valence-corrected chi connectivity index (χ3v) is 3.18. The van der Waals surface area contributed by atoms with Gasteiger partial charge >= 0.3 is 5.97 Å². The summed E-state index contributed by atoms with van der Waals surface area (Å²) in [5, 5.41) is 4.15. The Labute approximate surface area is 118 Å². The van der Waals surface area contributed by atoms with Crippen molar-refractivity contribution in [2.75, 3.05) is 6.61 Å². The summed E-state index contributed by atoms with van der Waals surface area (Å²) in [5.74, 6) is 0.551. The molecule has 0 radical (unpaired) electrons. The number of carbonyl (C=O) groups is 1. The molecule has 106 valence electrons. The van der Waals surface area contributed by atoms with Crippen molar-refractivity contribution >= 4 is 5.97 Å². The van der Waals surface area contributed by atoms with Crippen LogP contribution in [-0.4, -0.2) is 27.3 Å². The zero-order valence-corrected chi connectivity index (χ0v) is 12.0. The number of hydrogen-bond donors (Lipinski definition) is 0. The van der Waals surface area contributed by atoms with Gasteiger partial charge in [0.1, 0.15) is 5.82 Å². The standard InChI is InChI=1S/C15H19N3O2/c1-4-12(11-9-7-6-8-10-11)14-16-13(17-18(14)3)15(19)20-5-2/h6-10,12H,4-5H2,1-3H3. The number of aryl methyl sites for hydroxylation is 1. The summed E-state index contributed by atoms with van der Waals surface area (Å²) >= 11 is 0. The van der Waals surface area contributed by atoms with Crippen LogP contribution in [0.15, 0.2) is 30.3 Å². The Balaban J connectivity index is 2.34. The highest BCUT2D eigenvalue weighted by Gasteiger charge is 2.22. The average Bonchev–Trinajstić information content (AvgIpc) is 2.84. The molecule has 1 heterocycles. The second kappa shape index (κ2) is 6.32. The molecule has 5 heteroatoms. The fraction of sp³-hybridized carbons (Fsp3) is 0.400. The number of benzene rings is 1. The van der Waals surface area contributed by atoms with Crippen LogP contribution in [0.1, 0.15) is 48.2 Å². The van der Waals surface area contributed by atoms with E-state index in [4.69, 9.17) is 4.74 Å². The predicted octanol–water partition coefficient (Wildman–Crippen LogP) is 2.53. The molecule has 0 spiro atoms. The lowest BCUT2D eigenvalue weighted by molar-refractivity contribution is 0.0511. The third-order valence-electron chi connectivity index (χ3n) is 3.18. The Morgan fingerprint density at radius 3 is 2.60 bits per heavy atom. The molecule has 2 aromatic rings. The summed E-state index contributed by atoms with van der Waals surface area (Å²) < 4.78 is 6.60. The van der Waals surface area contributed by atoms with E-state index in [2.05, 4.69) is 29.1 Å². The third kappa shape index (κ3) is 2.87. The van der Waals surface area contributed by atoms with Crippen LogP contribution >= 0.6 is 0 Å². The summed E-state index contributed by atoms with van der Waals surface area (Å²) in [6, 6.07) is 10.1. The minimum atomic E-state index is -0.475. The molecule has 0 N–H and O–H groups in total. The molecular weight excluding hydrogens is 254 g/mol. The van der Waals surface area contributed by atoms with E-state index in [1.807, 2.05) is 18.2 Å². The van der Waals surface area contributed by atoms with Crippen LogP contribution in [0, 0.1) is 0 Å². The molecule has 0 bridgehead atoms. The molecule has 20 heavy (non-hydrogen) atoms. The van der Waals surface area contributed by atoms with Crippen LogP contribution < -0.4 is 0 Å². The SMILES string of the molecule is CCOC(=O)c1nc(C(CC)c2ccccc2)n(C)n1. The predicted molar refractivity (Wildman–Crippen MR) is 75.5 cm³/mol. The zero-order valence-electron chi connectivity index (χ0n) is 12.0. The van der Waals surface area contributed by atoms with Gasteiger partial charge in [-0.15, -0.1) is 5.10 Å². The minimum absolute atomic E-state index is 0.122. The average molecular weight is 273 g/mol. The van der Waals surface area contributed by atoms with Gasteiger partial charge in [-0.1, -0.05) is 37.3 Å². The summed E-state index contributed by atoms with van der Waals surface area (Å²) in [4.78, 5) is 16.1. The molecule has 0 saturated heterocycles. The summed E-state index contributed by atoms with van der Waals surface area (Å²) in [6.45, 7) is 4.18. The van der Waals surface area contributed by atoms with E-state index >= 15 is 0 Å². The van der Waals surface area contributed by atoms with Crippen LogP contribution in [0.5, 0.6) is 0 Å². The number of hydrogen-bond acceptors (Lipinski definition) is 4. The molecule has 0 aliphatic carbocycles. The van der Waals surface area contributed by atoms with Gasteiger partial charge in [-0.25, -0.2) is 9.78 Å². The highest BCUT2D eigenvalue weighted by atomic mass is 16.5. The number of carbonyl (C=O) groups excluding carboxylic acids is 1. The molecule has 0 fully saturated rings. The van der Waals surface area contributed by atoms with Crippen LogP contribution in [-0.2, 0) is 11.8 Å². The lowest BCUT2D eigenvalue weighted by atomic mass is 9.96. The number of ether oxygens (including phenoxy) is 1. The molecule has 2 rings (SSSR count). The Hall–Kier alpha value is -2.17. The first-order chi connectivity index (χ1) is 9.67. The number of nitrogens with zero attached hydrogens (tertiary/aromatic N) is 3. The fourth-order valence-corrected chi connectivity index (χ4v) is 2.23. The van der Waals surface area contributed by atoms with Gasteiger partial charge in [-0.2, -0.15) is 0 Å². The Morgan fingerprint density at radius 2 is 2.00 bits per heavy atom. The zero-order chi connectivity index (χ0) is 14.5. The first kappa shape index (κ1) is 14.2. The molecule has 1 unspecified atom stereocenters. The molecular formula is C15H19N3O2. The highest BCUT2D eigenvalue weighted by Crippen LogP contribution is 2.25. The quantitative estimate of drug-likeness (QED) is 0.785. The van der Waals surface area contributed by atoms with E-state index < -0.39 is 5.97 Å². The molecule has 1 aromatic heterocycles. The Bertz CT molecular complexity index is 578. The van der Waals surface area contributed by atoms with Gasteiger partial charge in [-0.3, -0.25) is 4.68 Å². The normalized spacial score (nSPS) is 12.2. The van der Waals surface area contributed by atoms with Crippen molar-refractivity contribution in [1.82, 2.24) is 14.8 Å². The van der Waals surface area contributed by atoms with Crippen LogP contribution in [0.2, 0.25) is 0 Å². The van der Waals surface area contributed by atoms with Crippen molar-refractivity contribution in [3.05, 3.63) is 47.5 Å². The van der Waals surface area contributed by atoms with Crippen LogP contribution in [0.25, 0.3) is 0 Å². The van der Waals surface area contributed by atoms with Gasteiger partial charge in [0.05, 0.1) is 6.61 Å². The van der Waals surface area contributed by atoms with Gasteiger partial charge in [-0.05, 0) is 18.9 Å². The van der Waals surface area contributed by atoms with E-state index in [-0.39, 0.29) is 11.7 Å². The first-order valence-electron chi connectivity index (χ1n) is 6.80. The molecule has 1 atom stereocenters. The van der Waals surface area contributed by atoms with Crippen molar-refractivity contribution in [2.24, 2.45) is 7.05 Å². The van der Waals surface area contributed by atoms with Crippen molar-refractivity contribution in [2.45, 2.75) is 26.2 Å². The number of aromatic nitrogens is 3. The van der Waals surface area contributed by atoms with Crippen molar-refractivity contribution in [1.29, 1.82) is 0 Å². The molecule has 5 nitrogen and oxygen atoms in total. The summed E-state index contributed by atoms with van der Waals surface area (Å²) in [5.41, 5.74) is 1.17. The van der Waals surface area contributed by atoms with E-state index in [0.29, 0.717) is 6.61 Å². The maximum absolute atomic E-state index is 11.7. The van der Waals surface area contributed by atoms with Gasteiger partial charge < -0.3 is 4.74 Å². The van der Waals surface area contributed by atoms with Crippen LogP contribution in [0.4, 0.5) is 0 Å². The van der Waals surface area contributed by atoms with Crippen molar-refractivity contribution < 1.29 is 9.53 Å². The van der Waals surface area contributed by atoms with E-state index in [0.717, 1.165) is 12.2 Å². The maximum Gasteiger partial charge on any atom is 0.378 e.